The van der Waals surface area contributed by atoms with Gasteiger partial charge in [-0.15, -0.1) is 19.4 Å². The third kappa shape index (κ3) is 8.50. The average molecular weight is 616 g/mol. The number of aromatic nitrogens is 4. The Morgan fingerprint density at radius 2 is 2.02 bits per heavy atom. The maximum Gasteiger partial charge on any atom is 0.323 e. The molecule has 1 aliphatic heterocycles. The zero-order valence-electron chi connectivity index (χ0n) is 24.2. The quantitative estimate of drug-likeness (QED) is 0.108. The van der Waals surface area contributed by atoms with E-state index in [1.807, 2.05) is 22.8 Å². The first kappa shape index (κ1) is 33.0. The molecule has 0 saturated carbocycles. The van der Waals surface area contributed by atoms with Crippen molar-refractivity contribution in [1.82, 2.24) is 24.6 Å². The lowest BCUT2D eigenvalue weighted by Gasteiger charge is -2.27. The number of ether oxygens (including phenoxy) is 2. The number of para-hydroxylation sites is 1. The van der Waals surface area contributed by atoms with E-state index in [-0.39, 0.29) is 36.9 Å². The van der Waals surface area contributed by atoms with Crippen LogP contribution in [0.5, 0.6) is 5.75 Å². The Morgan fingerprint density at radius 3 is 2.69 bits per heavy atom. The molecule has 3 aromatic rings. The SMILES string of the molecule is C#C.C=CCNc1nc(N)nc2c1ncn2[C@@H]1O[C@H](COP(=S)(NC(C)C(=O)OC(C)C)Oc2ccccc2)C[C@@H]1C. The molecule has 0 amide bonds. The summed E-state index contributed by atoms with van der Waals surface area (Å²) in [6.45, 7) is 8.53. The predicted molar refractivity (Wildman–Crippen MR) is 167 cm³/mol. The minimum atomic E-state index is -3.18. The summed E-state index contributed by atoms with van der Waals surface area (Å²) in [5, 5.41) is 6.21. The third-order valence-electron chi connectivity index (χ3n) is 6.04. The molecule has 1 aliphatic rings. The molecule has 3 heterocycles. The molecule has 0 aliphatic carbocycles. The van der Waals surface area contributed by atoms with Crippen molar-refractivity contribution in [3.05, 3.63) is 49.3 Å². The van der Waals surface area contributed by atoms with Crippen LogP contribution in [0.15, 0.2) is 49.3 Å². The molecular weight excluding hydrogens is 577 g/mol. The van der Waals surface area contributed by atoms with Crippen LogP contribution in [0.3, 0.4) is 0 Å². The summed E-state index contributed by atoms with van der Waals surface area (Å²) in [5.41, 5.74) is 7.13. The lowest BCUT2D eigenvalue weighted by atomic mass is 10.1. The molecule has 0 radical (unpaired) electrons. The largest absolute Gasteiger partial charge is 0.462 e. The van der Waals surface area contributed by atoms with Crippen LogP contribution in [-0.4, -0.2) is 56.9 Å². The second-order valence-electron chi connectivity index (χ2n) is 9.82. The van der Waals surface area contributed by atoms with Gasteiger partial charge in [0.2, 0.25) is 5.95 Å². The number of fused-ring (bicyclic) bond motifs is 1. The highest BCUT2D eigenvalue weighted by Crippen LogP contribution is 2.47. The van der Waals surface area contributed by atoms with E-state index in [2.05, 4.69) is 51.7 Å². The smallest absolute Gasteiger partial charge is 0.323 e. The summed E-state index contributed by atoms with van der Waals surface area (Å²) >= 11 is 5.83. The lowest BCUT2D eigenvalue weighted by Crippen LogP contribution is -2.36. The molecule has 0 bridgehead atoms. The Bertz CT molecular complexity index is 1420. The van der Waals surface area contributed by atoms with Crippen molar-refractivity contribution >= 4 is 47.3 Å². The van der Waals surface area contributed by atoms with Crippen molar-refractivity contribution in [2.75, 3.05) is 24.2 Å². The Morgan fingerprint density at radius 1 is 1.31 bits per heavy atom. The third-order valence-corrected chi connectivity index (χ3v) is 8.54. The molecule has 0 spiro atoms. The zero-order chi connectivity index (χ0) is 30.9. The molecule has 1 saturated heterocycles. The fourth-order valence-corrected chi connectivity index (χ4v) is 6.73. The first-order chi connectivity index (χ1) is 20.1. The summed E-state index contributed by atoms with van der Waals surface area (Å²) in [6, 6.07) is 8.37. The van der Waals surface area contributed by atoms with Crippen LogP contribution < -0.4 is 20.7 Å². The van der Waals surface area contributed by atoms with Gasteiger partial charge >= 0.3 is 12.6 Å². The van der Waals surface area contributed by atoms with E-state index in [1.165, 1.54) is 0 Å². The van der Waals surface area contributed by atoms with E-state index in [9.17, 15) is 4.79 Å². The molecule has 4 N–H and O–H groups in total. The predicted octanol–water partition coefficient (Wildman–Crippen LogP) is 4.43. The number of nitrogens with one attached hydrogen (secondary N) is 2. The Labute approximate surface area is 251 Å². The molecule has 42 heavy (non-hydrogen) atoms. The Kier molecular flexibility index (Phi) is 11.8. The highest BCUT2D eigenvalue weighted by Gasteiger charge is 2.37. The number of nitrogen functional groups attached to an aromatic ring is 1. The van der Waals surface area contributed by atoms with Crippen LogP contribution in [0, 0.1) is 18.8 Å². The van der Waals surface area contributed by atoms with Crippen molar-refractivity contribution in [2.45, 2.75) is 58.6 Å². The fourth-order valence-electron chi connectivity index (χ4n) is 4.29. The first-order valence-corrected chi connectivity index (χ1v) is 16.0. The summed E-state index contributed by atoms with van der Waals surface area (Å²) in [6.07, 6.45) is 11.2. The van der Waals surface area contributed by atoms with E-state index < -0.39 is 18.7 Å². The Hall–Kier alpha value is -3.53. The highest BCUT2D eigenvalue weighted by molar-refractivity contribution is 8.09. The monoisotopic (exact) mass is 615 g/mol. The number of terminal acetylenes is 1. The number of carbonyl (C=O) groups is 1. The summed E-state index contributed by atoms with van der Waals surface area (Å²) in [5.74, 6) is 0.852. The van der Waals surface area contributed by atoms with Gasteiger partial charge in [-0.25, -0.2) is 10.1 Å². The number of imidazole rings is 1. The normalized spacial score (nSPS) is 20.2. The summed E-state index contributed by atoms with van der Waals surface area (Å²) < 4.78 is 25.9. The van der Waals surface area contributed by atoms with Crippen molar-refractivity contribution in [3.63, 3.8) is 0 Å². The number of nitrogens with two attached hydrogens (primary N) is 1. The molecule has 2 unspecified atom stereocenters. The minimum Gasteiger partial charge on any atom is -0.462 e. The Balaban J connectivity index is 0.00000237. The number of esters is 1. The number of hydrogen-bond donors (Lipinski definition) is 3. The number of hydrogen-bond acceptors (Lipinski definition) is 11. The molecule has 1 fully saturated rings. The van der Waals surface area contributed by atoms with E-state index in [0.29, 0.717) is 35.7 Å². The maximum atomic E-state index is 12.5. The molecule has 14 heteroatoms. The van der Waals surface area contributed by atoms with Crippen LogP contribution in [0.1, 0.15) is 40.3 Å². The van der Waals surface area contributed by atoms with Gasteiger partial charge in [0.1, 0.15) is 18.0 Å². The number of nitrogens with zero attached hydrogens (tertiary/aromatic N) is 4. The fraction of sp³-hybridized carbons (Fsp3) is 0.429. The zero-order valence-corrected chi connectivity index (χ0v) is 25.9. The van der Waals surface area contributed by atoms with Crippen LogP contribution in [0.2, 0.25) is 0 Å². The molecule has 1 aromatic carbocycles. The number of carbonyl (C=O) groups excluding carboxylic acids is 1. The van der Waals surface area contributed by atoms with E-state index in [4.69, 9.17) is 36.1 Å². The maximum absolute atomic E-state index is 12.5. The standard InChI is InChI=1S/C26H36N7O5PS.C2H2/c1-6-12-28-22-21-23(31-26(27)30-22)33(15-29-21)24-17(4)13-20(37-24)14-35-39(40,38-19-10-8-7-9-11-19)32-18(5)25(34)36-16(2)3;1-2/h6-11,15-18,20,24H,1,12-14H2,2-5H3,(H,32,40)(H3,27,28,30,31);1-2H/t17-,18?,20-,24+,39?;/m0./s1. The van der Waals surface area contributed by atoms with Gasteiger partial charge < -0.3 is 29.6 Å². The minimum absolute atomic E-state index is 0.104. The van der Waals surface area contributed by atoms with Gasteiger partial charge in [0, 0.05) is 12.5 Å². The van der Waals surface area contributed by atoms with E-state index in [0.717, 1.165) is 0 Å². The number of rotatable bonds is 13. The van der Waals surface area contributed by atoms with Crippen LogP contribution in [-0.2, 0) is 30.6 Å². The van der Waals surface area contributed by atoms with Gasteiger partial charge in [-0.1, -0.05) is 31.2 Å². The number of anilines is 2. The van der Waals surface area contributed by atoms with E-state index in [1.54, 1.807) is 45.3 Å². The van der Waals surface area contributed by atoms with Crippen molar-refractivity contribution < 1.29 is 23.3 Å². The van der Waals surface area contributed by atoms with Gasteiger partial charge in [0.05, 0.1) is 25.1 Å². The van der Waals surface area contributed by atoms with Crippen LogP contribution in [0.4, 0.5) is 11.8 Å². The van der Waals surface area contributed by atoms with Gasteiger partial charge in [-0.3, -0.25) is 9.36 Å². The van der Waals surface area contributed by atoms with Gasteiger partial charge in [-0.2, -0.15) is 9.97 Å². The van der Waals surface area contributed by atoms with Gasteiger partial charge in [0.15, 0.2) is 17.0 Å². The van der Waals surface area contributed by atoms with Crippen molar-refractivity contribution in [3.8, 4) is 18.6 Å². The van der Waals surface area contributed by atoms with Gasteiger partial charge in [-0.05, 0) is 51.1 Å². The molecule has 2 aromatic heterocycles. The molecule has 5 atom stereocenters. The second-order valence-corrected chi connectivity index (χ2v) is 13.0. The lowest BCUT2D eigenvalue weighted by molar-refractivity contribution is -0.149. The summed E-state index contributed by atoms with van der Waals surface area (Å²) in [4.78, 5) is 25.7. The summed E-state index contributed by atoms with van der Waals surface area (Å²) in [7, 11) is 0. The van der Waals surface area contributed by atoms with Crippen LogP contribution >= 0.6 is 6.64 Å². The molecular formula is C28H38N7O5PS. The van der Waals surface area contributed by atoms with Gasteiger partial charge in [0.25, 0.3) is 0 Å². The molecule has 4 rings (SSSR count). The second kappa shape index (κ2) is 15.1. The van der Waals surface area contributed by atoms with E-state index >= 15 is 0 Å². The number of benzene rings is 1. The van der Waals surface area contributed by atoms with Crippen molar-refractivity contribution in [1.29, 1.82) is 0 Å². The topological polar surface area (TPSA) is 148 Å². The average Bonchev–Trinajstić information content (AvgIpc) is 3.54. The van der Waals surface area contributed by atoms with Crippen molar-refractivity contribution in [2.24, 2.45) is 5.92 Å². The first-order valence-electron chi connectivity index (χ1n) is 13.4. The highest BCUT2D eigenvalue weighted by atomic mass is 32.5. The molecule has 12 nitrogen and oxygen atoms in total. The molecule has 226 valence electrons. The van der Waals surface area contributed by atoms with Crippen LogP contribution in [0.25, 0.3) is 11.2 Å².